The zero-order valence-electron chi connectivity index (χ0n) is 10.5. The molecule has 1 aromatic rings. The number of hydrogen-bond donors (Lipinski definition) is 0. The van der Waals surface area contributed by atoms with Gasteiger partial charge < -0.3 is 14.4 Å². The van der Waals surface area contributed by atoms with Crippen molar-refractivity contribution >= 4 is 5.69 Å². The summed E-state index contributed by atoms with van der Waals surface area (Å²) >= 11 is 0. The highest BCUT2D eigenvalue weighted by Gasteiger charge is 2.30. The number of ether oxygens (including phenoxy) is 2. The lowest BCUT2D eigenvalue weighted by molar-refractivity contribution is 0.0705. The SMILES string of the molecule is CC(C)c1ccc2c(c1)OCC1COCCN21. The first-order valence-electron chi connectivity index (χ1n) is 6.37. The van der Waals surface area contributed by atoms with Crippen LogP contribution in [-0.4, -0.2) is 32.4 Å². The van der Waals surface area contributed by atoms with E-state index in [1.807, 2.05) is 0 Å². The summed E-state index contributed by atoms with van der Waals surface area (Å²) in [5.74, 6) is 1.58. The van der Waals surface area contributed by atoms with Crippen molar-refractivity contribution in [3.8, 4) is 5.75 Å². The molecule has 3 rings (SSSR count). The second-order valence-corrected chi connectivity index (χ2v) is 5.11. The summed E-state index contributed by atoms with van der Waals surface area (Å²) in [4.78, 5) is 2.42. The van der Waals surface area contributed by atoms with Crippen LogP contribution in [0.1, 0.15) is 25.3 Å². The molecule has 0 amide bonds. The van der Waals surface area contributed by atoms with Gasteiger partial charge in [-0.05, 0) is 23.6 Å². The Morgan fingerprint density at radius 1 is 1.29 bits per heavy atom. The van der Waals surface area contributed by atoms with E-state index >= 15 is 0 Å². The first kappa shape index (κ1) is 10.9. The Balaban J connectivity index is 1.95. The summed E-state index contributed by atoms with van der Waals surface area (Å²) in [7, 11) is 0. The van der Waals surface area contributed by atoms with Crippen LogP contribution in [0.3, 0.4) is 0 Å². The van der Waals surface area contributed by atoms with Crippen molar-refractivity contribution in [2.45, 2.75) is 25.8 Å². The quantitative estimate of drug-likeness (QED) is 0.743. The van der Waals surface area contributed by atoms with E-state index < -0.39 is 0 Å². The van der Waals surface area contributed by atoms with Crippen LogP contribution < -0.4 is 9.64 Å². The van der Waals surface area contributed by atoms with E-state index in [0.717, 1.165) is 32.1 Å². The molecule has 1 fully saturated rings. The smallest absolute Gasteiger partial charge is 0.143 e. The van der Waals surface area contributed by atoms with E-state index in [9.17, 15) is 0 Å². The third-order valence-electron chi connectivity index (χ3n) is 3.62. The molecule has 2 heterocycles. The Morgan fingerprint density at radius 2 is 2.18 bits per heavy atom. The molecule has 1 aromatic carbocycles. The second-order valence-electron chi connectivity index (χ2n) is 5.11. The molecule has 3 heteroatoms. The van der Waals surface area contributed by atoms with Crippen molar-refractivity contribution in [1.82, 2.24) is 0 Å². The molecule has 0 spiro atoms. The molecular formula is C14H19NO2. The number of hydrogen-bond acceptors (Lipinski definition) is 3. The fourth-order valence-electron chi connectivity index (χ4n) is 2.54. The zero-order chi connectivity index (χ0) is 11.8. The molecule has 1 saturated heterocycles. The van der Waals surface area contributed by atoms with Gasteiger partial charge in [0.25, 0.3) is 0 Å². The van der Waals surface area contributed by atoms with E-state index in [1.54, 1.807) is 0 Å². The van der Waals surface area contributed by atoms with Crippen LogP contribution in [-0.2, 0) is 4.74 Å². The minimum atomic E-state index is 0.390. The third-order valence-corrected chi connectivity index (χ3v) is 3.62. The molecule has 0 saturated carbocycles. The van der Waals surface area contributed by atoms with Gasteiger partial charge in [0.15, 0.2) is 0 Å². The van der Waals surface area contributed by atoms with E-state index in [4.69, 9.17) is 9.47 Å². The number of rotatable bonds is 1. The zero-order valence-corrected chi connectivity index (χ0v) is 10.5. The van der Waals surface area contributed by atoms with E-state index in [0.29, 0.717) is 12.0 Å². The minimum Gasteiger partial charge on any atom is -0.489 e. The van der Waals surface area contributed by atoms with Crippen molar-refractivity contribution in [2.75, 3.05) is 31.3 Å². The summed E-state index contributed by atoms with van der Waals surface area (Å²) < 4.78 is 11.4. The van der Waals surface area contributed by atoms with Crippen LogP contribution in [0.25, 0.3) is 0 Å². The third kappa shape index (κ3) is 1.89. The molecule has 3 nitrogen and oxygen atoms in total. The van der Waals surface area contributed by atoms with Crippen LogP contribution in [0.15, 0.2) is 18.2 Å². The molecule has 1 unspecified atom stereocenters. The Kier molecular flexibility index (Phi) is 2.71. The number of morpholine rings is 1. The molecule has 1 atom stereocenters. The molecule has 0 radical (unpaired) electrons. The van der Waals surface area contributed by atoms with Crippen LogP contribution in [0.5, 0.6) is 5.75 Å². The van der Waals surface area contributed by atoms with Gasteiger partial charge in [-0.25, -0.2) is 0 Å². The first-order valence-corrected chi connectivity index (χ1v) is 6.37. The van der Waals surface area contributed by atoms with Crippen LogP contribution in [0.4, 0.5) is 5.69 Å². The maximum Gasteiger partial charge on any atom is 0.143 e. The average molecular weight is 233 g/mol. The molecule has 0 aromatic heterocycles. The lowest BCUT2D eigenvalue weighted by atomic mass is 10.0. The maximum absolute atomic E-state index is 5.86. The van der Waals surface area contributed by atoms with Crippen molar-refractivity contribution in [3.63, 3.8) is 0 Å². The molecular weight excluding hydrogens is 214 g/mol. The lowest BCUT2D eigenvalue weighted by Crippen LogP contribution is -2.51. The fraction of sp³-hybridized carbons (Fsp3) is 0.571. The number of benzene rings is 1. The van der Waals surface area contributed by atoms with Crippen molar-refractivity contribution in [2.24, 2.45) is 0 Å². The highest BCUT2D eigenvalue weighted by atomic mass is 16.5. The minimum absolute atomic E-state index is 0.390. The summed E-state index contributed by atoms with van der Waals surface area (Å²) in [6.45, 7) is 7.74. The van der Waals surface area contributed by atoms with E-state index in [2.05, 4.69) is 36.9 Å². The Labute approximate surface area is 102 Å². The van der Waals surface area contributed by atoms with Crippen LogP contribution >= 0.6 is 0 Å². The largest absolute Gasteiger partial charge is 0.489 e. The predicted octanol–water partition coefficient (Wildman–Crippen LogP) is 2.41. The van der Waals surface area contributed by atoms with Crippen LogP contribution in [0, 0.1) is 0 Å². The standard InChI is InChI=1S/C14H19NO2/c1-10(2)11-3-4-13-14(7-11)17-9-12-8-16-6-5-15(12)13/h3-4,7,10,12H,5-6,8-9H2,1-2H3. The monoisotopic (exact) mass is 233 g/mol. The van der Waals surface area contributed by atoms with Gasteiger partial charge in [-0.3, -0.25) is 0 Å². The summed E-state index contributed by atoms with van der Waals surface area (Å²) in [6, 6.07) is 6.99. The van der Waals surface area contributed by atoms with Gasteiger partial charge in [0.1, 0.15) is 12.4 Å². The van der Waals surface area contributed by atoms with Crippen LogP contribution in [0.2, 0.25) is 0 Å². The number of nitrogens with zero attached hydrogens (tertiary/aromatic N) is 1. The second kappa shape index (κ2) is 4.22. The van der Waals surface area contributed by atoms with Gasteiger partial charge in [0.05, 0.1) is 24.9 Å². The summed E-state index contributed by atoms with van der Waals surface area (Å²) in [6.07, 6.45) is 0. The first-order chi connectivity index (χ1) is 8.25. The van der Waals surface area contributed by atoms with Crippen molar-refractivity contribution in [1.29, 1.82) is 0 Å². The molecule has 17 heavy (non-hydrogen) atoms. The summed E-state index contributed by atoms with van der Waals surface area (Å²) in [5, 5.41) is 0. The number of fused-ring (bicyclic) bond motifs is 3. The van der Waals surface area contributed by atoms with Gasteiger partial charge in [-0.1, -0.05) is 19.9 Å². The molecule has 0 bridgehead atoms. The van der Waals surface area contributed by atoms with E-state index in [1.165, 1.54) is 11.3 Å². The Bertz CT molecular complexity index is 417. The molecule has 0 aliphatic carbocycles. The normalized spacial score (nSPS) is 23.0. The highest BCUT2D eigenvalue weighted by Crippen LogP contribution is 2.36. The van der Waals surface area contributed by atoms with Gasteiger partial charge in [0.2, 0.25) is 0 Å². The van der Waals surface area contributed by atoms with Crippen molar-refractivity contribution < 1.29 is 9.47 Å². The maximum atomic E-state index is 5.86. The Hall–Kier alpha value is -1.22. The topological polar surface area (TPSA) is 21.7 Å². The van der Waals surface area contributed by atoms with E-state index in [-0.39, 0.29) is 0 Å². The average Bonchev–Trinajstić information content (AvgIpc) is 2.38. The van der Waals surface area contributed by atoms with Crippen molar-refractivity contribution in [3.05, 3.63) is 23.8 Å². The van der Waals surface area contributed by atoms with Gasteiger partial charge in [-0.15, -0.1) is 0 Å². The molecule has 2 aliphatic heterocycles. The Morgan fingerprint density at radius 3 is 3.00 bits per heavy atom. The summed E-state index contributed by atoms with van der Waals surface area (Å²) in [5.41, 5.74) is 2.57. The molecule has 0 N–H and O–H groups in total. The fourth-order valence-corrected chi connectivity index (χ4v) is 2.54. The predicted molar refractivity (Wildman–Crippen MR) is 68.0 cm³/mol. The molecule has 2 aliphatic rings. The number of anilines is 1. The lowest BCUT2D eigenvalue weighted by Gasteiger charge is -2.41. The van der Waals surface area contributed by atoms with Gasteiger partial charge >= 0.3 is 0 Å². The van der Waals surface area contributed by atoms with Gasteiger partial charge in [-0.2, -0.15) is 0 Å². The highest BCUT2D eigenvalue weighted by molar-refractivity contribution is 5.62. The molecule has 92 valence electrons. The van der Waals surface area contributed by atoms with Gasteiger partial charge in [0, 0.05) is 6.54 Å².